The molecular formula is C23H27N7O2. The fraction of sp³-hybridized carbons (Fsp3) is 0.217. The van der Waals surface area contributed by atoms with Gasteiger partial charge in [0.15, 0.2) is 0 Å². The van der Waals surface area contributed by atoms with Crippen LogP contribution >= 0.6 is 0 Å². The number of hydrogen-bond donors (Lipinski definition) is 3. The van der Waals surface area contributed by atoms with E-state index in [1.54, 1.807) is 18.3 Å². The summed E-state index contributed by atoms with van der Waals surface area (Å²) >= 11 is 0. The topological polar surface area (TPSA) is 108 Å². The number of hydrogen-bond acceptors (Lipinski definition) is 7. The molecule has 0 aliphatic rings. The van der Waals surface area contributed by atoms with Crippen molar-refractivity contribution in [1.82, 2.24) is 25.2 Å². The molecule has 9 nitrogen and oxygen atoms in total. The van der Waals surface area contributed by atoms with E-state index < -0.39 is 0 Å². The molecule has 0 fully saturated rings. The number of benzene rings is 1. The van der Waals surface area contributed by atoms with E-state index in [-0.39, 0.29) is 5.91 Å². The average molecular weight is 434 g/mol. The molecule has 0 atom stereocenters. The number of carbonyl (C=O) groups excluding carboxylic acids is 1. The molecule has 9 heteroatoms. The fourth-order valence-electron chi connectivity index (χ4n) is 2.92. The molecule has 0 bridgehead atoms. The molecule has 0 unspecified atom stereocenters. The van der Waals surface area contributed by atoms with Gasteiger partial charge < -0.3 is 25.3 Å². The first-order valence-corrected chi connectivity index (χ1v) is 9.97. The number of allylic oxidation sites excluding steroid dienone is 1. The lowest BCUT2D eigenvalue weighted by Gasteiger charge is -2.09. The van der Waals surface area contributed by atoms with E-state index in [4.69, 9.17) is 4.74 Å². The zero-order valence-electron chi connectivity index (χ0n) is 18.5. The minimum Gasteiger partial charge on any atom is -0.497 e. The summed E-state index contributed by atoms with van der Waals surface area (Å²) in [4.78, 5) is 30.3. The fourth-order valence-corrected chi connectivity index (χ4v) is 2.92. The summed E-state index contributed by atoms with van der Waals surface area (Å²) in [5.74, 6) is 0.707. The Balaban J connectivity index is 1.77. The second-order valence-electron chi connectivity index (χ2n) is 7.29. The Morgan fingerprint density at radius 2 is 2.12 bits per heavy atom. The second-order valence-corrected chi connectivity index (χ2v) is 7.29. The summed E-state index contributed by atoms with van der Waals surface area (Å²) in [6, 6.07) is 9.26. The van der Waals surface area contributed by atoms with Gasteiger partial charge in [-0.1, -0.05) is 6.58 Å². The van der Waals surface area contributed by atoms with Crippen LogP contribution < -0.4 is 10.6 Å². The van der Waals surface area contributed by atoms with E-state index in [2.05, 4.69) is 43.9 Å². The monoisotopic (exact) mass is 433 g/mol. The molecule has 3 N–H and O–H groups in total. The molecule has 0 spiro atoms. The van der Waals surface area contributed by atoms with E-state index in [9.17, 15) is 4.79 Å². The lowest BCUT2D eigenvalue weighted by molar-refractivity contribution is 0.0947. The Morgan fingerprint density at radius 1 is 1.31 bits per heavy atom. The summed E-state index contributed by atoms with van der Waals surface area (Å²) in [5.41, 5.74) is 3.26. The summed E-state index contributed by atoms with van der Waals surface area (Å²) in [6.07, 6.45) is 3.28. The number of fused-ring (bicyclic) bond motifs is 1. The molecule has 166 valence electrons. The Kier molecular flexibility index (Phi) is 7.35. The number of H-pyrrole nitrogens is 1. The Hall–Kier alpha value is -3.98. The van der Waals surface area contributed by atoms with E-state index in [0.717, 1.165) is 23.1 Å². The van der Waals surface area contributed by atoms with Gasteiger partial charge >= 0.3 is 0 Å². The summed E-state index contributed by atoms with van der Waals surface area (Å²) < 4.78 is 5.07. The predicted octanol–water partition coefficient (Wildman–Crippen LogP) is 3.19. The highest BCUT2D eigenvalue weighted by atomic mass is 16.5. The van der Waals surface area contributed by atoms with Crippen molar-refractivity contribution in [2.45, 2.75) is 0 Å². The molecule has 3 rings (SSSR count). The van der Waals surface area contributed by atoms with E-state index in [1.807, 2.05) is 43.3 Å². The number of rotatable bonds is 10. The minimum atomic E-state index is -0.137. The van der Waals surface area contributed by atoms with Crippen molar-refractivity contribution in [3.8, 4) is 0 Å². The zero-order valence-corrected chi connectivity index (χ0v) is 18.5. The lowest BCUT2D eigenvalue weighted by atomic mass is 10.2. The van der Waals surface area contributed by atoms with Crippen molar-refractivity contribution in [1.29, 1.82) is 0 Å². The maximum Gasteiger partial charge on any atom is 0.267 e. The first-order chi connectivity index (χ1) is 15.4. The van der Waals surface area contributed by atoms with Crippen LogP contribution in [0.2, 0.25) is 0 Å². The molecule has 2 aromatic heterocycles. The predicted molar refractivity (Wildman–Crippen MR) is 128 cm³/mol. The first kappa shape index (κ1) is 22.7. The van der Waals surface area contributed by atoms with E-state index in [0.29, 0.717) is 35.3 Å². The molecule has 2 heterocycles. The van der Waals surface area contributed by atoms with E-state index in [1.165, 1.54) is 7.11 Å². The van der Waals surface area contributed by atoms with Gasteiger partial charge in [0.05, 0.1) is 18.5 Å². The molecule has 0 aliphatic carbocycles. The number of aromatic amines is 1. The third-order valence-corrected chi connectivity index (χ3v) is 4.61. The van der Waals surface area contributed by atoms with Crippen molar-refractivity contribution >= 4 is 40.9 Å². The number of likely N-dealkylation sites (N-methyl/N-ethyl adjacent to an activating group) is 1. The smallest absolute Gasteiger partial charge is 0.267 e. The first-order valence-electron chi connectivity index (χ1n) is 9.97. The number of nitrogens with one attached hydrogen (secondary N) is 3. The molecule has 1 aromatic carbocycles. The van der Waals surface area contributed by atoms with Gasteiger partial charge in [-0.2, -0.15) is 0 Å². The molecule has 1 amide bonds. The Morgan fingerprint density at radius 3 is 2.84 bits per heavy atom. The van der Waals surface area contributed by atoms with Crippen molar-refractivity contribution in [2.24, 2.45) is 4.99 Å². The maximum atomic E-state index is 12.4. The summed E-state index contributed by atoms with van der Waals surface area (Å²) in [7, 11) is 5.46. The number of aromatic nitrogens is 3. The summed E-state index contributed by atoms with van der Waals surface area (Å²) in [6.45, 7) is 8.70. The normalized spacial score (nSPS) is 11.4. The highest BCUT2D eigenvalue weighted by Crippen LogP contribution is 2.23. The largest absolute Gasteiger partial charge is 0.497 e. The van der Waals surface area contributed by atoms with Crippen molar-refractivity contribution in [3.05, 3.63) is 66.3 Å². The maximum absolute atomic E-state index is 12.4. The van der Waals surface area contributed by atoms with Gasteiger partial charge in [-0.15, -0.1) is 0 Å². The number of nitrogens with zero attached hydrogens (tertiary/aromatic N) is 4. The Labute approximate surface area is 186 Å². The van der Waals surface area contributed by atoms with Gasteiger partial charge in [-0.25, -0.2) is 9.97 Å². The van der Waals surface area contributed by atoms with Crippen LogP contribution in [0.4, 0.5) is 11.6 Å². The van der Waals surface area contributed by atoms with Crippen LogP contribution in [0.1, 0.15) is 16.2 Å². The van der Waals surface area contributed by atoms with Gasteiger partial charge in [0.2, 0.25) is 5.95 Å². The minimum absolute atomic E-state index is 0.137. The van der Waals surface area contributed by atoms with Crippen LogP contribution in [-0.2, 0) is 4.74 Å². The number of aliphatic imine (C=N–C) groups is 1. The SMILES string of the molecule is C=N/C(=C\C(=C)OC)c1ccnc(Nc2ccc3[nH]c(C(=O)NCCN(C)C)cc3c2)n1. The highest BCUT2D eigenvalue weighted by molar-refractivity contribution is 5.98. The molecule has 3 aromatic rings. The quantitative estimate of drug-likeness (QED) is 0.257. The summed E-state index contributed by atoms with van der Waals surface area (Å²) in [5, 5.41) is 6.98. The van der Waals surface area contributed by atoms with Crippen molar-refractivity contribution < 1.29 is 9.53 Å². The molecule has 0 aliphatic heterocycles. The van der Waals surface area contributed by atoms with Crippen LogP contribution in [0.3, 0.4) is 0 Å². The van der Waals surface area contributed by atoms with Crippen LogP contribution in [0.15, 0.2) is 59.9 Å². The van der Waals surface area contributed by atoms with Gasteiger partial charge in [0.25, 0.3) is 5.91 Å². The third-order valence-electron chi connectivity index (χ3n) is 4.61. The number of anilines is 2. The van der Waals surface area contributed by atoms with Gasteiger partial charge in [-0.05, 0) is 51.1 Å². The Bertz CT molecular complexity index is 1160. The van der Waals surface area contributed by atoms with Crippen molar-refractivity contribution in [3.63, 3.8) is 0 Å². The lowest BCUT2D eigenvalue weighted by Crippen LogP contribution is -2.31. The van der Waals surface area contributed by atoms with Crippen LogP contribution in [0.5, 0.6) is 0 Å². The number of amides is 1. The number of carbonyl (C=O) groups is 1. The van der Waals surface area contributed by atoms with E-state index >= 15 is 0 Å². The molecule has 32 heavy (non-hydrogen) atoms. The number of ether oxygens (including phenoxy) is 1. The second kappa shape index (κ2) is 10.4. The molecule has 0 saturated heterocycles. The third kappa shape index (κ3) is 5.79. The van der Waals surface area contributed by atoms with Gasteiger partial charge in [-0.3, -0.25) is 9.79 Å². The molecule has 0 saturated carbocycles. The molecule has 0 radical (unpaired) electrons. The van der Waals surface area contributed by atoms with Gasteiger partial charge in [0, 0.05) is 42.0 Å². The van der Waals surface area contributed by atoms with Gasteiger partial charge in [0.1, 0.15) is 11.5 Å². The van der Waals surface area contributed by atoms with Crippen LogP contribution in [-0.4, -0.2) is 66.8 Å². The van der Waals surface area contributed by atoms with Crippen molar-refractivity contribution in [2.75, 3.05) is 39.6 Å². The molecular weight excluding hydrogens is 406 g/mol. The standard InChI is InChI=1S/C23H27N7O2/c1-15(32-5)12-20(24-2)19-8-9-26-23(29-19)27-17-6-7-18-16(13-17)14-21(28-18)22(31)25-10-11-30(3)4/h6-9,12-14,28H,1-2,10-11H2,3-5H3,(H,25,31)(H,26,27,29)/b20-12-. The number of methoxy groups -OCH3 is 1. The average Bonchev–Trinajstić information content (AvgIpc) is 3.20. The zero-order chi connectivity index (χ0) is 23.1. The van der Waals surface area contributed by atoms with Crippen LogP contribution in [0.25, 0.3) is 16.6 Å². The van der Waals surface area contributed by atoms with Crippen LogP contribution in [0, 0.1) is 0 Å². The highest BCUT2D eigenvalue weighted by Gasteiger charge is 2.10.